The predicted molar refractivity (Wildman–Crippen MR) is 121 cm³/mol. The van der Waals surface area contributed by atoms with Gasteiger partial charge in [0.2, 0.25) is 11.8 Å². The molecule has 0 spiro atoms. The lowest BCUT2D eigenvalue weighted by Gasteiger charge is -2.22. The van der Waals surface area contributed by atoms with E-state index in [2.05, 4.69) is 36.7 Å². The van der Waals surface area contributed by atoms with E-state index in [-0.39, 0.29) is 29.1 Å². The van der Waals surface area contributed by atoms with E-state index in [0.29, 0.717) is 16.9 Å². The first-order valence-electron chi connectivity index (χ1n) is 10.1. The molecule has 0 heterocycles. The number of nitrogens with one attached hydrogen (secondary N) is 3. The van der Waals surface area contributed by atoms with Gasteiger partial charge in [-0.1, -0.05) is 46.8 Å². The van der Waals surface area contributed by atoms with E-state index in [1.165, 1.54) is 6.92 Å². The van der Waals surface area contributed by atoms with Crippen LogP contribution in [0.2, 0.25) is 0 Å². The molecule has 0 radical (unpaired) electrons. The molecule has 0 bridgehead atoms. The van der Waals surface area contributed by atoms with Gasteiger partial charge in [0.1, 0.15) is 6.04 Å². The third-order valence-electron chi connectivity index (χ3n) is 4.72. The summed E-state index contributed by atoms with van der Waals surface area (Å²) in [7, 11) is 0. The molecule has 3 amide bonds. The highest BCUT2D eigenvalue weighted by Gasteiger charge is 2.25. The second kappa shape index (κ2) is 9.57. The van der Waals surface area contributed by atoms with Gasteiger partial charge in [-0.25, -0.2) is 0 Å². The Morgan fingerprint density at radius 3 is 1.73 bits per heavy atom. The highest BCUT2D eigenvalue weighted by atomic mass is 16.2. The van der Waals surface area contributed by atoms with Crippen molar-refractivity contribution in [2.75, 3.05) is 10.6 Å². The van der Waals surface area contributed by atoms with Crippen molar-refractivity contribution in [3.63, 3.8) is 0 Å². The molecular weight excluding hydrogens is 378 g/mol. The molecule has 2 aromatic carbocycles. The second-order valence-electron chi connectivity index (χ2n) is 8.77. The van der Waals surface area contributed by atoms with Gasteiger partial charge >= 0.3 is 0 Å². The van der Waals surface area contributed by atoms with Crippen molar-refractivity contribution >= 4 is 29.1 Å². The van der Waals surface area contributed by atoms with Gasteiger partial charge in [0.25, 0.3) is 5.91 Å². The molecule has 6 heteroatoms. The van der Waals surface area contributed by atoms with Crippen molar-refractivity contribution in [3.05, 3.63) is 59.7 Å². The maximum absolute atomic E-state index is 12.8. The maximum atomic E-state index is 12.8. The van der Waals surface area contributed by atoms with Gasteiger partial charge in [-0.3, -0.25) is 14.4 Å². The van der Waals surface area contributed by atoms with E-state index in [1.54, 1.807) is 36.4 Å². The lowest BCUT2D eigenvalue weighted by Crippen LogP contribution is -2.47. The van der Waals surface area contributed by atoms with E-state index in [4.69, 9.17) is 0 Å². The van der Waals surface area contributed by atoms with Crippen molar-refractivity contribution in [3.8, 4) is 0 Å². The Morgan fingerprint density at radius 2 is 1.30 bits per heavy atom. The molecule has 1 unspecified atom stereocenters. The molecule has 1 atom stereocenters. The fraction of sp³-hybridized carbons (Fsp3) is 0.375. The minimum Gasteiger partial charge on any atom is -0.340 e. The van der Waals surface area contributed by atoms with Crippen molar-refractivity contribution < 1.29 is 14.4 Å². The predicted octanol–water partition coefficient (Wildman–Crippen LogP) is 4.34. The van der Waals surface area contributed by atoms with Crippen LogP contribution in [0, 0.1) is 5.92 Å². The van der Waals surface area contributed by atoms with Crippen molar-refractivity contribution in [2.45, 2.75) is 53.0 Å². The van der Waals surface area contributed by atoms with Gasteiger partial charge in [-0.2, -0.15) is 0 Å². The first kappa shape index (κ1) is 23.1. The summed E-state index contributed by atoms with van der Waals surface area (Å²) in [6.07, 6.45) is 0. The summed E-state index contributed by atoms with van der Waals surface area (Å²) in [4.78, 5) is 36.6. The van der Waals surface area contributed by atoms with Crippen LogP contribution in [0.15, 0.2) is 48.5 Å². The number of carbonyl (C=O) groups is 3. The lowest BCUT2D eigenvalue weighted by atomic mass is 9.86. The van der Waals surface area contributed by atoms with Crippen LogP contribution in [0.4, 0.5) is 11.4 Å². The Balaban J connectivity index is 2.06. The number of hydrogen-bond donors (Lipinski definition) is 3. The van der Waals surface area contributed by atoms with Crippen LogP contribution in [0.5, 0.6) is 0 Å². The fourth-order valence-electron chi connectivity index (χ4n) is 2.94. The van der Waals surface area contributed by atoms with Crippen LogP contribution in [0.25, 0.3) is 0 Å². The quantitative estimate of drug-likeness (QED) is 0.663. The van der Waals surface area contributed by atoms with Crippen molar-refractivity contribution in [1.29, 1.82) is 0 Å². The summed E-state index contributed by atoms with van der Waals surface area (Å²) in [5, 5.41) is 8.34. The minimum absolute atomic E-state index is 0.00481. The SMILES string of the molecule is CC(=O)Nc1ccc(NC(=O)C(NC(=O)c2ccc(C(C)(C)C)cc2)C(C)C)cc1. The number of benzene rings is 2. The summed E-state index contributed by atoms with van der Waals surface area (Å²) in [6.45, 7) is 11.5. The van der Waals surface area contributed by atoms with E-state index in [9.17, 15) is 14.4 Å². The molecule has 0 aromatic heterocycles. The number of amides is 3. The largest absolute Gasteiger partial charge is 0.340 e. The number of carbonyl (C=O) groups excluding carboxylic acids is 3. The van der Waals surface area contributed by atoms with Gasteiger partial charge in [-0.15, -0.1) is 0 Å². The Labute approximate surface area is 178 Å². The smallest absolute Gasteiger partial charge is 0.251 e. The van der Waals surface area contributed by atoms with E-state index in [1.807, 2.05) is 26.0 Å². The summed E-state index contributed by atoms with van der Waals surface area (Å²) in [5.41, 5.74) is 2.89. The minimum atomic E-state index is -0.685. The monoisotopic (exact) mass is 409 g/mol. The van der Waals surface area contributed by atoms with Gasteiger partial charge < -0.3 is 16.0 Å². The number of hydrogen-bond acceptors (Lipinski definition) is 3. The highest BCUT2D eigenvalue weighted by Crippen LogP contribution is 2.22. The van der Waals surface area contributed by atoms with Gasteiger partial charge in [0, 0.05) is 23.9 Å². The fourth-order valence-corrected chi connectivity index (χ4v) is 2.94. The first-order chi connectivity index (χ1) is 14.0. The van der Waals surface area contributed by atoms with Crippen LogP contribution >= 0.6 is 0 Å². The second-order valence-corrected chi connectivity index (χ2v) is 8.77. The van der Waals surface area contributed by atoms with Gasteiger partial charge in [0.15, 0.2) is 0 Å². The normalized spacial score (nSPS) is 12.2. The Kier molecular flexibility index (Phi) is 7.38. The van der Waals surface area contributed by atoms with Crippen molar-refractivity contribution in [2.24, 2.45) is 5.92 Å². The van der Waals surface area contributed by atoms with E-state index >= 15 is 0 Å². The Hall–Kier alpha value is -3.15. The molecule has 0 aliphatic heterocycles. The molecular formula is C24H31N3O3. The summed E-state index contributed by atoms with van der Waals surface area (Å²) < 4.78 is 0. The molecule has 3 N–H and O–H groups in total. The number of anilines is 2. The summed E-state index contributed by atoms with van der Waals surface area (Å²) in [5.74, 6) is -0.839. The zero-order valence-corrected chi connectivity index (χ0v) is 18.5. The summed E-state index contributed by atoms with van der Waals surface area (Å²) >= 11 is 0. The van der Waals surface area contributed by atoms with Crippen LogP contribution in [0.3, 0.4) is 0 Å². The van der Waals surface area contributed by atoms with Crippen LogP contribution in [0.1, 0.15) is 57.5 Å². The standard InChI is InChI=1S/C24H31N3O3/c1-15(2)21(23(30)26-20-13-11-19(12-14-20)25-16(3)28)27-22(29)17-7-9-18(10-8-17)24(4,5)6/h7-15,21H,1-6H3,(H,25,28)(H,26,30)(H,27,29). The molecule has 2 aromatic rings. The summed E-state index contributed by atoms with van der Waals surface area (Å²) in [6, 6.07) is 13.6. The molecule has 30 heavy (non-hydrogen) atoms. The third-order valence-corrected chi connectivity index (χ3v) is 4.72. The van der Waals surface area contributed by atoms with Gasteiger partial charge in [-0.05, 0) is 53.3 Å². The topological polar surface area (TPSA) is 87.3 Å². The maximum Gasteiger partial charge on any atom is 0.251 e. The molecule has 0 saturated carbocycles. The van der Waals surface area contributed by atoms with E-state index < -0.39 is 6.04 Å². The molecule has 160 valence electrons. The zero-order valence-electron chi connectivity index (χ0n) is 18.5. The first-order valence-corrected chi connectivity index (χ1v) is 10.1. The number of rotatable bonds is 6. The van der Waals surface area contributed by atoms with E-state index in [0.717, 1.165) is 5.56 Å². The average Bonchev–Trinajstić information content (AvgIpc) is 2.66. The van der Waals surface area contributed by atoms with Gasteiger partial charge in [0.05, 0.1) is 0 Å². The Morgan fingerprint density at radius 1 is 0.800 bits per heavy atom. The van der Waals surface area contributed by atoms with Crippen LogP contribution < -0.4 is 16.0 Å². The average molecular weight is 410 g/mol. The highest BCUT2D eigenvalue weighted by molar-refractivity contribution is 6.01. The molecule has 0 aliphatic rings. The molecule has 0 fully saturated rings. The molecule has 2 rings (SSSR count). The lowest BCUT2D eigenvalue weighted by molar-refractivity contribution is -0.119. The van der Waals surface area contributed by atoms with Crippen molar-refractivity contribution in [1.82, 2.24) is 5.32 Å². The molecule has 6 nitrogen and oxygen atoms in total. The third kappa shape index (κ3) is 6.44. The Bertz CT molecular complexity index is 895. The van der Waals surface area contributed by atoms with Crippen LogP contribution in [-0.2, 0) is 15.0 Å². The molecule has 0 saturated heterocycles. The molecule has 0 aliphatic carbocycles. The zero-order chi connectivity index (χ0) is 22.5. The van der Waals surface area contributed by atoms with Crippen LogP contribution in [-0.4, -0.2) is 23.8 Å².